The Balaban J connectivity index is 1.88. The first-order chi connectivity index (χ1) is 8.74. The molecule has 3 rings (SSSR count). The highest BCUT2D eigenvalue weighted by Gasteiger charge is 2.23. The number of aryl methyl sites for hydroxylation is 1. The van der Waals surface area contributed by atoms with Gasteiger partial charge in [-0.3, -0.25) is 0 Å². The predicted molar refractivity (Wildman–Crippen MR) is 71.4 cm³/mol. The standard InChI is InChI=1S/C14H19N3O/c1-9-16-12-3-2-11(8-13(12)17-9)14(18)10-4-6-15-7-5-10/h2-3,8,10,14-15,18H,4-7H2,1H3,(H,16,17). The zero-order valence-corrected chi connectivity index (χ0v) is 10.6. The molecule has 18 heavy (non-hydrogen) atoms. The molecule has 0 aliphatic carbocycles. The molecule has 1 aliphatic heterocycles. The summed E-state index contributed by atoms with van der Waals surface area (Å²) in [7, 11) is 0. The van der Waals surface area contributed by atoms with Gasteiger partial charge in [0.15, 0.2) is 0 Å². The highest BCUT2D eigenvalue weighted by molar-refractivity contribution is 5.75. The van der Waals surface area contributed by atoms with Gasteiger partial charge >= 0.3 is 0 Å². The fraction of sp³-hybridized carbons (Fsp3) is 0.500. The number of aliphatic hydroxyl groups excluding tert-OH is 1. The van der Waals surface area contributed by atoms with E-state index in [0.29, 0.717) is 5.92 Å². The number of rotatable bonds is 2. The summed E-state index contributed by atoms with van der Waals surface area (Å²) in [6.45, 7) is 3.96. The van der Waals surface area contributed by atoms with Gasteiger partial charge in [-0.15, -0.1) is 0 Å². The summed E-state index contributed by atoms with van der Waals surface area (Å²) in [5, 5.41) is 13.8. The van der Waals surface area contributed by atoms with E-state index in [2.05, 4.69) is 15.3 Å². The van der Waals surface area contributed by atoms with E-state index >= 15 is 0 Å². The molecule has 3 N–H and O–H groups in total. The van der Waals surface area contributed by atoms with Crippen LogP contribution in [0.4, 0.5) is 0 Å². The maximum atomic E-state index is 10.4. The van der Waals surface area contributed by atoms with Crippen LogP contribution in [0.1, 0.15) is 30.3 Å². The number of piperidine rings is 1. The molecule has 1 atom stereocenters. The van der Waals surface area contributed by atoms with Crippen LogP contribution in [-0.2, 0) is 0 Å². The van der Waals surface area contributed by atoms with Gasteiger partial charge in [-0.2, -0.15) is 0 Å². The molecular weight excluding hydrogens is 226 g/mol. The van der Waals surface area contributed by atoms with Crippen molar-refractivity contribution >= 4 is 11.0 Å². The van der Waals surface area contributed by atoms with E-state index in [1.807, 2.05) is 25.1 Å². The van der Waals surface area contributed by atoms with Crippen LogP contribution in [0.5, 0.6) is 0 Å². The molecule has 4 heteroatoms. The van der Waals surface area contributed by atoms with Gasteiger partial charge in [0.2, 0.25) is 0 Å². The summed E-state index contributed by atoms with van der Waals surface area (Å²) in [5.74, 6) is 1.28. The van der Waals surface area contributed by atoms with Crippen molar-refractivity contribution in [2.75, 3.05) is 13.1 Å². The lowest BCUT2D eigenvalue weighted by Crippen LogP contribution is -2.30. The maximum Gasteiger partial charge on any atom is 0.104 e. The van der Waals surface area contributed by atoms with Gasteiger partial charge in [-0.05, 0) is 56.5 Å². The molecule has 0 saturated carbocycles. The topological polar surface area (TPSA) is 60.9 Å². The Hall–Kier alpha value is -1.39. The third-order valence-corrected chi connectivity index (χ3v) is 3.80. The monoisotopic (exact) mass is 245 g/mol. The van der Waals surface area contributed by atoms with Gasteiger partial charge in [0.1, 0.15) is 5.82 Å². The molecule has 0 spiro atoms. The number of H-pyrrole nitrogens is 1. The Morgan fingerprint density at radius 3 is 2.89 bits per heavy atom. The van der Waals surface area contributed by atoms with Gasteiger partial charge in [0.25, 0.3) is 0 Å². The third-order valence-electron chi connectivity index (χ3n) is 3.80. The van der Waals surface area contributed by atoms with E-state index < -0.39 is 0 Å². The lowest BCUT2D eigenvalue weighted by Gasteiger charge is -2.27. The number of nitrogens with zero attached hydrogens (tertiary/aromatic N) is 1. The molecular formula is C14H19N3O. The first-order valence-electron chi connectivity index (χ1n) is 6.59. The SMILES string of the molecule is Cc1nc2ccc(C(O)C3CCNCC3)cc2[nH]1. The smallest absolute Gasteiger partial charge is 0.104 e. The molecule has 1 saturated heterocycles. The van der Waals surface area contributed by atoms with E-state index in [4.69, 9.17) is 0 Å². The van der Waals surface area contributed by atoms with Crippen molar-refractivity contribution in [2.24, 2.45) is 5.92 Å². The molecule has 0 bridgehead atoms. The zero-order valence-electron chi connectivity index (χ0n) is 10.6. The lowest BCUT2D eigenvalue weighted by molar-refractivity contribution is 0.0890. The Bertz CT molecular complexity index is 543. The second-order valence-corrected chi connectivity index (χ2v) is 5.13. The second kappa shape index (κ2) is 4.71. The Labute approximate surface area is 106 Å². The van der Waals surface area contributed by atoms with Crippen LogP contribution in [0.15, 0.2) is 18.2 Å². The second-order valence-electron chi connectivity index (χ2n) is 5.13. The maximum absolute atomic E-state index is 10.4. The first-order valence-corrected chi connectivity index (χ1v) is 6.59. The van der Waals surface area contributed by atoms with Gasteiger partial charge in [0, 0.05) is 0 Å². The van der Waals surface area contributed by atoms with Crippen LogP contribution in [-0.4, -0.2) is 28.2 Å². The van der Waals surface area contributed by atoms with Crippen LogP contribution in [0.25, 0.3) is 11.0 Å². The van der Waals surface area contributed by atoms with Crippen LogP contribution in [0.3, 0.4) is 0 Å². The molecule has 1 aromatic carbocycles. The van der Waals surface area contributed by atoms with E-state index in [-0.39, 0.29) is 6.10 Å². The highest BCUT2D eigenvalue weighted by Crippen LogP contribution is 2.30. The molecule has 2 heterocycles. The van der Waals surface area contributed by atoms with Crippen molar-refractivity contribution in [3.8, 4) is 0 Å². The largest absolute Gasteiger partial charge is 0.388 e. The molecule has 1 fully saturated rings. The molecule has 1 aromatic heterocycles. The quantitative estimate of drug-likeness (QED) is 0.757. The van der Waals surface area contributed by atoms with Crippen molar-refractivity contribution in [3.63, 3.8) is 0 Å². The van der Waals surface area contributed by atoms with Crippen molar-refractivity contribution in [3.05, 3.63) is 29.6 Å². The fourth-order valence-corrected chi connectivity index (χ4v) is 2.77. The first kappa shape index (κ1) is 11.7. The molecule has 1 unspecified atom stereocenters. The summed E-state index contributed by atoms with van der Waals surface area (Å²) in [6, 6.07) is 6.01. The molecule has 2 aromatic rings. The van der Waals surface area contributed by atoms with Crippen molar-refractivity contribution in [1.82, 2.24) is 15.3 Å². The van der Waals surface area contributed by atoms with Crippen LogP contribution in [0, 0.1) is 12.8 Å². The highest BCUT2D eigenvalue weighted by atomic mass is 16.3. The Morgan fingerprint density at radius 1 is 1.33 bits per heavy atom. The average Bonchev–Trinajstić information content (AvgIpc) is 2.78. The normalized spacial score (nSPS) is 19.2. The number of nitrogens with one attached hydrogen (secondary N) is 2. The number of imidazole rings is 1. The Morgan fingerprint density at radius 2 is 2.11 bits per heavy atom. The van der Waals surface area contributed by atoms with Crippen molar-refractivity contribution in [2.45, 2.75) is 25.9 Å². The summed E-state index contributed by atoms with van der Waals surface area (Å²) < 4.78 is 0. The van der Waals surface area contributed by atoms with Crippen molar-refractivity contribution in [1.29, 1.82) is 0 Å². The number of fused-ring (bicyclic) bond motifs is 1. The summed E-state index contributed by atoms with van der Waals surface area (Å²) in [4.78, 5) is 7.60. The number of hydrogen-bond donors (Lipinski definition) is 3. The third kappa shape index (κ3) is 2.13. The lowest BCUT2D eigenvalue weighted by atomic mass is 9.88. The van der Waals surface area contributed by atoms with Crippen molar-refractivity contribution < 1.29 is 5.11 Å². The summed E-state index contributed by atoms with van der Waals surface area (Å²) in [6.07, 6.45) is 1.72. The number of aromatic nitrogens is 2. The molecule has 1 aliphatic rings. The Kier molecular flexibility index (Phi) is 3.06. The number of aliphatic hydroxyl groups is 1. The molecule has 0 radical (unpaired) electrons. The molecule has 96 valence electrons. The molecule has 0 amide bonds. The average molecular weight is 245 g/mol. The minimum Gasteiger partial charge on any atom is -0.388 e. The van der Waals surface area contributed by atoms with Crippen LogP contribution in [0.2, 0.25) is 0 Å². The minimum absolute atomic E-state index is 0.361. The minimum atomic E-state index is -0.361. The van der Waals surface area contributed by atoms with E-state index in [9.17, 15) is 5.11 Å². The predicted octanol–water partition coefficient (Wildman–Crippen LogP) is 1.90. The van der Waals surface area contributed by atoms with Crippen LogP contribution >= 0.6 is 0 Å². The van der Waals surface area contributed by atoms with Gasteiger partial charge in [0.05, 0.1) is 17.1 Å². The fourth-order valence-electron chi connectivity index (χ4n) is 2.77. The van der Waals surface area contributed by atoms with E-state index in [0.717, 1.165) is 48.4 Å². The van der Waals surface area contributed by atoms with Gasteiger partial charge < -0.3 is 15.4 Å². The van der Waals surface area contributed by atoms with E-state index in [1.54, 1.807) is 0 Å². The number of aromatic amines is 1. The van der Waals surface area contributed by atoms with Gasteiger partial charge in [-0.25, -0.2) is 4.98 Å². The number of hydrogen-bond acceptors (Lipinski definition) is 3. The van der Waals surface area contributed by atoms with Crippen LogP contribution < -0.4 is 5.32 Å². The number of benzene rings is 1. The summed E-state index contributed by atoms with van der Waals surface area (Å²) >= 11 is 0. The van der Waals surface area contributed by atoms with E-state index in [1.165, 1.54) is 0 Å². The zero-order chi connectivity index (χ0) is 12.5. The summed E-state index contributed by atoms with van der Waals surface area (Å²) in [5.41, 5.74) is 2.98. The molecule has 4 nitrogen and oxygen atoms in total. The van der Waals surface area contributed by atoms with Gasteiger partial charge in [-0.1, -0.05) is 6.07 Å².